The van der Waals surface area contributed by atoms with Gasteiger partial charge >= 0.3 is 11.4 Å². The lowest BCUT2D eigenvalue weighted by Crippen LogP contribution is -2.21. The minimum absolute atomic E-state index is 0.256. The van der Waals surface area contributed by atoms with Crippen molar-refractivity contribution in [3.8, 4) is 11.9 Å². The first kappa shape index (κ1) is 35.1. The SMILES string of the molecule is [C-]#[N+]c1ccc2c(c1)ncn2-c1ncc2[nH]c(=O)n(C(C)c3cccnc3)c2n1.[C-]#[N+]c1ccc2ncn(-c3ncc4[nH]c(=O)n(C(C)c5cccnc5)c4n3)c2c1. The van der Waals surface area contributed by atoms with E-state index in [2.05, 4.69) is 59.5 Å². The molecule has 0 fully saturated rings. The summed E-state index contributed by atoms with van der Waals surface area (Å²) in [5, 5.41) is 0. The zero-order valence-corrected chi connectivity index (χ0v) is 30.6. The molecule has 2 N–H and O–H groups in total. The highest BCUT2D eigenvalue weighted by Crippen LogP contribution is 2.26. The molecule has 0 aliphatic heterocycles. The Morgan fingerprint density at radius 2 is 1.12 bits per heavy atom. The van der Waals surface area contributed by atoms with E-state index in [0.29, 0.717) is 51.1 Å². The molecule has 18 nitrogen and oxygen atoms in total. The topological polar surface area (TPSA) is 197 Å². The first-order valence-corrected chi connectivity index (χ1v) is 17.8. The molecular weight excluding hydrogens is 737 g/mol. The van der Waals surface area contributed by atoms with Crippen molar-refractivity contribution >= 4 is 55.8 Å². The van der Waals surface area contributed by atoms with Crippen LogP contribution in [0.3, 0.4) is 0 Å². The second kappa shape index (κ2) is 14.2. The minimum Gasteiger partial charge on any atom is -0.303 e. The Hall–Kier alpha value is -8.64. The van der Waals surface area contributed by atoms with Gasteiger partial charge in [0.25, 0.3) is 0 Å². The van der Waals surface area contributed by atoms with E-state index >= 15 is 0 Å². The van der Waals surface area contributed by atoms with Gasteiger partial charge < -0.3 is 9.97 Å². The molecule has 2 unspecified atom stereocenters. The van der Waals surface area contributed by atoms with Gasteiger partial charge in [0.05, 0.1) is 59.7 Å². The van der Waals surface area contributed by atoms with Crippen LogP contribution >= 0.6 is 0 Å². The zero-order valence-electron chi connectivity index (χ0n) is 30.6. The summed E-state index contributed by atoms with van der Waals surface area (Å²) in [5.41, 5.74) is 7.27. The largest absolute Gasteiger partial charge is 0.328 e. The van der Waals surface area contributed by atoms with Gasteiger partial charge in [0, 0.05) is 24.8 Å². The van der Waals surface area contributed by atoms with Crippen molar-refractivity contribution in [2.45, 2.75) is 25.9 Å². The first-order valence-electron chi connectivity index (χ1n) is 17.8. The molecule has 8 heterocycles. The second-order valence-corrected chi connectivity index (χ2v) is 13.1. The van der Waals surface area contributed by atoms with Gasteiger partial charge in [0.15, 0.2) is 22.7 Å². The molecule has 0 bridgehead atoms. The van der Waals surface area contributed by atoms with Crippen LogP contribution in [0.2, 0.25) is 0 Å². The Morgan fingerprint density at radius 1 is 0.603 bits per heavy atom. The summed E-state index contributed by atoms with van der Waals surface area (Å²) >= 11 is 0. The second-order valence-electron chi connectivity index (χ2n) is 13.1. The summed E-state index contributed by atoms with van der Waals surface area (Å²) < 4.78 is 6.62. The van der Waals surface area contributed by atoms with Gasteiger partial charge in [-0.1, -0.05) is 24.3 Å². The van der Waals surface area contributed by atoms with Crippen LogP contribution < -0.4 is 11.4 Å². The van der Waals surface area contributed by atoms with Crippen LogP contribution in [0.25, 0.3) is 66.0 Å². The van der Waals surface area contributed by atoms with Crippen molar-refractivity contribution in [1.29, 1.82) is 0 Å². The van der Waals surface area contributed by atoms with Gasteiger partial charge in [0.1, 0.15) is 23.7 Å². The monoisotopic (exact) mass is 764 g/mol. The van der Waals surface area contributed by atoms with Crippen LogP contribution in [-0.2, 0) is 0 Å². The number of nitrogens with zero attached hydrogens (tertiary/aromatic N) is 14. The molecule has 10 rings (SSSR count). The van der Waals surface area contributed by atoms with Crippen LogP contribution in [0.15, 0.2) is 120 Å². The average Bonchev–Trinajstić information content (AvgIpc) is 4.05. The number of imidazole rings is 4. The van der Waals surface area contributed by atoms with E-state index in [0.717, 1.165) is 27.7 Å². The molecule has 0 saturated heterocycles. The van der Waals surface area contributed by atoms with E-state index in [1.807, 2.05) is 44.2 Å². The van der Waals surface area contributed by atoms with Crippen molar-refractivity contribution in [3.63, 3.8) is 0 Å². The van der Waals surface area contributed by atoms with E-state index in [9.17, 15) is 9.59 Å². The standard InChI is InChI=1S/2C20H14N8O/c1-12(13-4-3-7-22-9-13)28-18-16(25-20(28)29)10-23-19(26-18)27-11-24-15-8-14(21-2)5-6-17(15)27;1-12(13-4-3-7-22-9-13)28-18-16(25-20(28)29)10-23-19(26-18)27-11-24-15-6-5-14(21-2)8-17(15)27/h2*3-12H,1H3,(H,25,29). The molecule has 18 heteroatoms. The van der Waals surface area contributed by atoms with Gasteiger partial charge in [-0.2, -0.15) is 9.97 Å². The van der Waals surface area contributed by atoms with Crippen molar-refractivity contribution < 1.29 is 0 Å². The Labute approximate surface area is 326 Å². The number of hydrogen-bond acceptors (Lipinski definition) is 10. The zero-order chi connectivity index (χ0) is 39.9. The number of nitrogens with one attached hydrogen (secondary N) is 2. The smallest absolute Gasteiger partial charge is 0.303 e. The summed E-state index contributed by atoms with van der Waals surface area (Å²) in [6.07, 6.45) is 13.2. The maximum absolute atomic E-state index is 12.6. The van der Waals surface area contributed by atoms with Gasteiger partial charge in [-0.15, -0.1) is 0 Å². The first-order chi connectivity index (χ1) is 28.3. The van der Waals surface area contributed by atoms with Crippen LogP contribution in [0.1, 0.15) is 37.1 Å². The Morgan fingerprint density at radius 3 is 1.66 bits per heavy atom. The summed E-state index contributed by atoms with van der Waals surface area (Å²) in [6.45, 7) is 18.2. The summed E-state index contributed by atoms with van der Waals surface area (Å²) in [6, 6.07) is 17.5. The molecule has 0 radical (unpaired) electrons. The molecule has 2 aromatic carbocycles. The van der Waals surface area contributed by atoms with Crippen molar-refractivity contribution in [2.24, 2.45) is 0 Å². The van der Waals surface area contributed by atoms with E-state index in [1.54, 1.807) is 98.4 Å². The van der Waals surface area contributed by atoms with Gasteiger partial charge in [0.2, 0.25) is 11.9 Å². The highest BCUT2D eigenvalue weighted by atomic mass is 16.1. The fourth-order valence-electron chi connectivity index (χ4n) is 6.76. The van der Waals surface area contributed by atoms with Crippen molar-refractivity contribution in [1.82, 2.24) is 68.1 Å². The molecule has 0 aliphatic carbocycles. The fourth-order valence-corrected chi connectivity index (χ4v) is 6.76. The third kappa shape index (κ3) is 6.08. The van der Waals surface area contributed by atoms with Crippen molar-refractivity contribution in [3.05, 3.63) is 165 Å². The lowest BCUT2D eigenvalue weighted by atomic mass is 10.1. The van der Waals surface area contributed by atoms with E-state index in [4.69, 9.17) is 13.1 Å². The molecule has 280 valence electrons. The Balaban J connectivity index is 0.000000150. The number of benzene rings is 2. The Kier molecular flexibility index (Phi) is 8.60. The quantitative estimate of drug-likeness (QED) is 0.189. The number of H-pyrrole nitrogens is 2. The molecule has 0 spiro atoms. The summed E-state index contributed by atoms with van der Waals surface area (Å²) in [7, 11) is 0. The third-order valence-electron chi connectivity index (χ3n) is 9.75. The van der Waals surface area contributed by atoms with E-state index < -0.39 is 0 Å². The average molecular weight is 765 g/mol. The minimum atomic E-state index is -0.270. The normalized spacial score (nSPS) is 12.3. The maximum atomic E-state index is 12.6. The van der Waals surface area contributed by atoms with Crippen molar-refractivity contribution in [2.75, 3.05) is 0 Å². The predicted molar refractivity (Wildman–Crippen MR) is 214 cm³/mol. The van der Waals surface area contributed by atoms with Gasteiger partial charge in [-0.25, -0.2) is 39.2 Å². The number of rotatable bonds is 6. The number of aromatic amines is 2. The summed E-state index contributed by atoms with van der Waals surface area (Å²) in [5.74, 6) is 0.759. The molecule has 0 aliphatic rings. The third-order valence-corrected chi connectivity index (χ3v) is 9.75. The maximum Gasteiger partial charge on any atom is 0.328 e. The number of pyridine rings is 2. The number of hydrogen-bond donors (Lipinski definition) is 2. The Bertz CT molecular complexity index is 3360. The number of fused-ring (bicyclic) bond motifs is 4. The molecule has 2 atom stereocenters. The molecule has 58 heavy (non-hydrogen) atoms. The van der Waals surface area contributed by atoms with E-state index in [-0.39, 0.29) is 23.5 Å². The van der Waals surface area contributed by atoms with E-state index in [1.165, 1.54) is 0 Å². The number of aromatic nitrogens is 14. The van der Waals surface area contributed by atoms with Crippen LogP contribution in [-0.4, -0.2) is 68.1 Å². The lowest BCUT2D eigenvalue weighted by Gasteiger charge is -2.13. The lowest BCUT2D eigenvalue weighted by molar-refractivity contribution is 0.627. The molecule has 8 aromatic heterocycles. The molecule has 0 saturated carbocycles. The highest BCUT2D eigenvalue weighted by Gasteiger charge is 2.20. The van der Waals surface area contributed by atoms with Crippen LogP contribution in [0.5, 0.6) is 0 Å². The highest BCUT2D eigenvalue weighted by molar-refractivity contribution is 5.82. The van der Waals surface area contributed by atoms with Crippen LogP contribution in [0.4, 0.5) is 11.4 Å². The predicted octanol–water partition coefficient (Wildman–Crippen LogP) is 6.03. The molecular formula is C40H28N16O2. The van der Waals surface area contributed by atoms with Gasteiger partial charge in [-0.3, -0.25) is 28.2 Å². The van der Waals surface area contributed by atoms with Crippen LogP contribution in [0, 0.1) is 13.1 Å². The molecule has 0 amide bonds. The molecule has 10 aromatic rings. The van der Waals surface area contributed by atoms with Gasteiger partial charge in [-0.05, 0) is 61.4 Å². The fraction of sp³-hybridized carbons (Fsp3) is 0.100. The summed E-state index contributed by atoms with van der Waals surface area (Å²) in [4.78, 5) is 72.8.